The van der Waals surface area contributed by atoms with Crippen molar-refractivity contribution in [3.05, 3.63) is 23.6 Å². The van der Waals surface area contributed by atoms with E-state index >= 15 is 0 Å². The molecule has 2 unspecified atom stereocenters. The van der Waals surface area contributed by atoms with E-state index in [0.717, 1.165) is 0 Å². The van der Waals surface area contributed by atoms with E-state index < -0.39 is 18.1 Å². The van der Waals surface area contributed by atoms with Crippen molar-refractivity contribution in [3.63, 3.8) is 0 Å². The molecule has 0 aromatic rings. The molecule has 1 nitrogen and oxygen atoms in total. The summed E-state index contributed by atoms with van der Waals surface area (Å²) in [5.74, 6) is 0. The maximum absolute atomic E-state index is 6.08. The third-order valence-electron chi connectivity index (χ3n) is 2.29. The minimum absolute atomic E-state index is 0.804. The highest BCUT2D eigenvalue weighted by molar-refractivity contribution is 6.72. The average Bonchev–Trinajstić information content (AvgIpc) is 2.60. The van der Waals surface area contributed by atoms with Crippen LogP contribution in [-0.2, 0) is 4.12 Å². The van der Waals surface area contributed by atoms with Gasteiger partial charge in [-0.3, -0.25) is 0 Å². The Morgan fingerprint density at radius 2 is 1.45 bits per heavy atom. The Bertz CT molecular complexity index is 169. The number of rotatable bonds is 2. The zero-order chi connectivity index (χ0) is 7.52. The van der Waals surface area contributed by atoms with E-state index in [9.17, 15) is 0 Å². The zero-order valence-electron chi connectivity index (χ0n) is 6.70. The molecule has 3 heteroatoms. The van der Waals surface area contributed by atoms with E-state index in [1.54, 1.807) is 0 Å². The second-order valence-electron chi connectivity index (χ2n) is 3.22. The molecule has 0 aromatic heterocycles. The van der Waals surface area contributed by atoms with Gasteiger partial charge in [-0.05, 0) is 24.9 Å². The molecule has 2 atom stereocenters. The van der Waals surface area contributed by atoms with E-state index in [4.69, 9.17) is 4.12 Å². The summed E-state index contributed by atoms with van der Waals surface area (Å²) in [5.41, 5.74) is 4.72. The summed E-state index contributed by atoms with van der Waals surface area (Å²) in [7, 11) is -1.61. The van der Waals surface area contributed by atoms with Gasteiger partial charge in [-0.25, -0.2) is 0 Å². The monoisotopic (exact) mass is 182 g/mol. The molecule has 0 saturated carbocycles. The lowest BCUT2D eigenvalue weighted by molar-refractivity contribution is 0.605. The first-order chi connectivity index (χ1) is 5.45. The first-order valence-electron chi connectivity index (χ1n) is 4.44. The van der Waals surface area contributed by atoms with Crippen LogP contribution < -0.4 is 0 Å². The lowest BCUT2D eigenvalue weighted by Crippen LogP contribution is -2.23. The highest BCUT2D eigenvalue weighted by Crippen LogP contribution is 2.16. The van der Waals surface area contributed by atoms with E-state index in [2.05, 4.69) is 23.6 Å². The van der Waals surface area contributed by atoms with Crippen molar-refractivity contribution in [2.45, 2.75) is 24.9 Å². The molecular formula is C8H14OSi2. The Hall–Kier alpha value is -0.126. The van der Waals surface area contributed by atoms with Crippen LogP contribution in [0.1, 0.15) is 12.8 Å². The van der Waals surface area contributed by atoms with Gasteiger partial charge in [0.05, 0.1) is 0 Å². The summed E-state index contributed by atoms with van der Waals surface area (Å²) in [6.07, 6.45) is 7.15. The third-order valence-corrected chi connectivity index (χ3v) is 8.29. The zero-order valence-corrected chi connectivity index (χ0v) is 9.01. The second-order valence-corrected chi connectivity index (χ2v) is 8.39. The minimum Gasteiger partial charge on any atom is -0.454 e. The summed E-state index contributed by atoms with van der Waals surface area (Å²) >= 11 is 0. The molecule has 0 N–H and O–H groups in total. The topological polar surface area (TPSA) is 9.23 Å². The van der Waals surface area contributed by atoms with Crippen LogP contribution in [0.3, 0.4) is 0 Å². The van der Waals surface area contributed by atoms with Crippen LogP contribution in [0.5, 0.6) is 0 Å². The van der Waals surface area contributed by atoms with Crippen molar-refractivity contribution in [1.82, 2.24) is 0 Å². The number of hydrogen-bond donors (Lipinski definition) is 0. The Morgan fingerprint density at radius 1 is 0.909 bits per heavy atom. The van der Waals surface area contributed by atoms with Gasteiger partial charge in [0.25, 0.3) is 0 Å². The molecule has 2 heterocycles. The quantitative estimate of drug-likeness (QED) is 0.587. The number of allylic oxidation sites excluding steroid dienone is 2. The van der Waals surface area contributed by atoms with Gasteiger partial charge in [0.1, 0.15) is 0 Å². The van der Waals surface area contributed by atoms with Crippen molar-refractivity contribution < 1.29 is 4.12 Å². The molecule has 0 amide bonds. The molecule has 0 bridgehead atoms. The lowest BCUT2D eigenvalue weighted by atomic mass is 10.5. The predicted molar refractivity (Wildman–Crippen MR) is 52.5 cm³/mol. The molecule has 0 fully saturated rings. The van der Waals surface area contributed by atoms with E-state index in [1.807, 2.05) is 0 Å². The van der Waals surface area contributed by atoms with Crippen LogP contribution in [0.2, 0.25) is 12.1 Å². The van der Waals surface area contributed by atoms with Gasteiger partial charge >= 0.3 is 0 Å². The highest BCUT2D eigenvalue weighted by Gasteiger charge is 2.19. The van der Waals surface area contributed by atoms with Crippen LogP contribution in [0.25, 0.3) is 0 Å². The normalized spacial score (nSPS) is 35.3. The highest BCUT2D eigenvalue weighted by atomic mass is 28.4. The molecule has 2 rings (SSSR count). The molecule has 11 heavy (non-hydrogen) atoms. The molecule has 2 aliphatic rings. The van der Waals surface area contributed by atoms with Crippen molar-refractivity contribution in [2.75, 3.05) is 0 Å². The Balaban J connectivity index is 1.80. The summed E-state index contributed by atoms with van der Waals surface area (Å²) in [6.45, 7) is 0. The fourth-order valence-corrected chi connectivity index (χ4v) is 7.69. The largest absolute Gasteiger partial charge is 0.454 e. The van der Waals surface area contributed by atoms with Gasteiger partial charge in [-0.15, -0.1) is 0 Å². The second kappa shape index (κ2) is 3.51. The standard InChI is InChI=1S/C8H14OSi2/c1-2-6-10(5-1)9-11-7-3-4-8-11/h1,3,5,7,10-11H,2,4,6,8H2. The summed E-state index contributed by atoms with van der Waals surface area (Å²) in [4.78, 5) is 0. The van der Waals surface area contributed by atoms with Crippen molar-refractivity contribution in [3.8, 4) is 0 Å². The number of hydrogen-bond acceptors (Lipinski definition) is 1. The molecule has 0 saturated heterocycles. The first-order valence-corrected chi connectivity index (χ1v) is 8.35. The molecule has 0 aliphatic carbocycles. The molecule has 0 aromatic carbocycles. The van der Waals surface area contributed by atoms with Gasteiger partial charge in [-0.1, -0.05) is 23.6 Å². The fraction of sp³-hybridized carbons (Fsp3) is 0.500. The van der Waals surface area contributed by atoms with Gasteiger partial charge < -0.3 is 4.12 Å². The van der Waals surface area contributed by atoms with Crippen LogP contribution in [0.15, 0.2) is 23.6 Å². The van der Waals surface area contributed by atoms with E-state index in [1.165, 1.54) is 24.9 Å². The molecule has 2 aliphatic heterocycles. The molecule has 0 spiro atoms. The van der Waals surface area contributed by atoms with Crippen molar-refractivity contribution in [2.24, 2.45) is 0 Å². The summed E-state index contributed by atoms with van der Waals surface area (Å²) in [5, 5.41) is 0. The van der Waals surface area contributed by atoms with Crippen molar-refractivity contribution >= 4 is 18.1 Å². The minimum atomic E-state index is -0.804. The Labute approximate surface area is 71.2 Å². The van der Waals surface area contributed by atoms with Gasteiger partial charge in [0, 0.05) is 0 Å². The SMILES string of the molecule is C1=C[SiH](O[SiH]2C=CCC2)CC1. The van der Waals surface area contributed by atoms with E-state index in [-0.39, 0.29) is 0 Å². The maximum Gasteiger partial charge on any atom is 0.188 e. The van der Waals surface area contributed by atoms with Gasteiger partial charge in [-0.2, -0.15) is 0 Å². The Morgan fingerprint density at radius 3 is 1.82 bits per heavy atom. The summed E-state index contributed by atoms with van der Waals surface area (Å²) in [6, 6.07) is 2.72. The summed E-state index contributed by atoms with van der Waals surface area (Å²) < 4.78 is 6.08. The van der Waals surface area contributed by atoms with Crippen molar-refractivity contribution in [1.29, 1.82) is 0 Å². The van der Waals surface area contributed by atoms with Crippen LogP contribution >= 0.6 is 0 Å². The predicted octanol–water partition coefficient (Wildman–Crippen LogP) is 1.45. The third kappa shape index (κ3) is 1.92. The van der Waals surface area contributed by atoms with E-state index in [0.29, 0.717) is 0 Å². The lowest BCUT2D eigenvalue weighted by Gasteiger charge is -2.12. The first kappa shape index (κ1) is 7.52. The van der Waals surface area contributed by atoms with Crippen LogP contribution in [0.4, 0.5) is 0 Å². The molecule has 0 radical (unpaired) electrons. The maximum atomic E-state index is 6.08. The Kier molecular flexibility index (Phi) is 2.40. The average molecular weight is 182 g/mol. The van der Waals surface area contributed by atoms with Crippen LogP contribution in [0, 0.1) is 0 Å². The van der Waals surface area contributed by atoms with Gasteiger partial charge in [0.2, 0.25) is 0 Å². The molecular weight excluding hydrogens is 168 g/mol. The molecule has 60 valence electrons. The fourth-order valence-electron chi connectivity index (χ4n) is 1.66. The smallest absolute Gasteiger partial charge is 0.188 e. The van der Waals surface area contributed by atoms with Crippen LogP contribution in [-0.4, -0.2) is 18.1 Å². The van der Waals surface area contributed by atoms with Gasteiger partial charge in [0.15, 0.2) is 18.1 Å².